The summed E-state index contributed by atoms with van der Waals surface area (Å²) in [5.41, 5.74) is 0.458. The molecule has 0 aliphatic rings. The lowest BCUT2D eigenvalue weighted by Gasteiger charge is -2.09. The third kappa shape index (κ3) is 6.69. The van der Waals surface area contributed by atoms with Crippen LogP contribution in [-0.4, -0.2) is 57.2 Å². The van der Waals surface area contributed by atoms with Crippen LogP contribution in [0.15, 0.2) is 23.4 Å². The molecule has 0 aliphatic heterocycles. The van der Waals surface area contributed by atoms with E-state index in [9.17, 15) is 8.42 Å². The summed E-state index contributed by atoms with van der Waals surface area (Å²) in [6.45, 7) is 1.04. The van der Waals surface area contributed by atoms with Crippen LogP contribution in [0, 0.1) is 11.8 Å². The topological polar surface area (TPSA) is 82.5 Å². The van der Waals surface area contributed by atoms with Crippen molar-refractivity contribution in [2.45, 2.75) is 17.7 Å². The van der Waals surface area contributed by atoms with E-state index in [0.717, 1.165) is 19.4 Å². The predicted molar refractivity (Wildman–Crippen MR) is 81.2 cm³/mol. The smallest absolute Gasteiger partial charge is 0.242 e. The maximum atomic E-state index is 12.1. The molecule has 0 atom stereocenters. The van der Waals surface area contributed by atoms with E-state index >= 15 is 0 Å². The van der Waals surface area contributed by atoms with Crippen molar-refractivity contribution in [3.8, 4) is 11.8 Å². The second-order valence-corrected chi connectivity index (χ2v) is 6.54. The van der Waals surface area contributed by atoms with Crippen LogP contribution in [0.2, 0.25) is 0 Å². The Bertz CT molecular complexity index is 603. The lowest BCUT2D eigenvalue weighted by Crippen LogP contribution is -2.25. The highest BCUT2D eigenvalue weighted by molar-refractivity contribution is 7.89. The van der Waals surface area contributed by atoms with Crippen LogP contribution in [0.3, 0.4) is 0 Å². The molecule has 0 unspecified atom stereocenters. The van der Waals surface area contributed by atoms with Crippen LogP contribution >= 0.6 is 0 Å². The van der Waals surface area contributed by atoms with Crippen LogP contribution < -0.4 is 4.72 Å². The van der Waals surface area contributed by atoms with E-state index in [1.54, 1.807) is 0 Å². The first-order chi connectivity index (χ1) is 9.95. The molecule has 1 rings (SSSR count). The van der Waals surface area contributed by atoms with E-state index < -0.39 is 10.0 Å². The molecule has 7 heteroatoms. The maximum Gasteiger partial charge on any atom is 0.242 e. The Hall–Kier alpha value is -1.46. The summed E-state index contributed by atoms with van der Waals surface area (Å²) < 4.78 is 26.7. The zero-order valence-electron chi connectivity index (χ0n) is 12.3. The standard InChI is InChI=1S/C14H21N3O3S/c1-17(2)8-4-3-7-16-21(19,20)14-10-13(6-5-9-18)11-15-12-14/h10-12,16,18H,3-4,7-9H2,1-2H3. The van der Waals surface area contributed by atoms with Gasteiger partial charge in [0.2, 0.25) is 10.0 Å². The van der Waals surface area contributed by atoms with E-state index in [-0.39, 0.29) is 11.5 Å². The van der Waals surface area contributed by atoms with Crippen molar-refractivity contribution >= 4 is 10.0 Å². The van der Waals surface area contributed by atoms with E-state index in [1.165, 1.54) is 18.5 Å². The second kappa shape index (κ2) is 8.74. The number of nitrogens with zero attached hydrogens (tertiary/aromatic N) is 2. The maximum absolute atomic E-state index is 12.1. The van der Waals surface area contributed by atoms with Crippen LogP contribution in [0.5, 0.6) is 0 Å². The molecule has 0 aromatic carbocycles. The lowest BCUT2D eigenvalue weighted by molar-refractivity contribution is 0.350. The Balaban J connectivity index is 2.61. The van der Waals surface area contributed by atoms with Gasteiger partial charge in [0.15, 0.2) is 0 Å². The average molecular weight is 311 g/mol. The molecule has 0 fully saturated rings. The zero-order chi connectivity index (χ0) is 15.7. The summed E-state index contributed by atoms with van der Waals surface area (Å²) in [5, 5.41) is 8.63. The van der Waals surface area contributed by atoms with Crippen molar-refractivity contribution in [2.75, 3.05) is 33.8 Å². The molecule has 1 aromatic rings. The molecule has 0 bridgehead atoms. The van der Waals surface area contributed by atoms with Gasteiger partial charge in [0, 0.05) is 24.5 Å². The molecule has 0 radical (unpaired) electrons. The normalized spacial score (nSPS) is 11.2. The summed E-state index contributed by atoms with van der Waals surface area (Å²) in [6, 6.07) is 1.44. The molecule has 1 heterocycles. The fourth-order valence-electron chi connectivity index (χ4n) is 1.62. The van der Waals surface area contributed by atoms with Gasteiger partial charge in [-0.05, 0) is 39.5 Å². The molecule has 6 nitrogen and oxygen atoms in total. The van der Waals surface area contributed by atoms with Crippen molar-refractivity contribution in [2.24, 2.45) is 0 Å². The van der Waals surface area contributed by atoms with Gasteiger partial charge in [-0.1, -0.05) is 11.8 Å². The van der Waals surface area contributed by atoms with Gasteiger partial charge in [0.25, 0.3) is 0 Å². The third-order valence-corrected chi connectivity index (χ3v) is 4.09. The number of aromatic nitrogens is 1. The minimum Gasteiger partial charge on any atom is -0.384 e. The van der Waals surface area contributed by atoms with Crippen molar-refractivity contribution in [3.63, 3.8) is 0 Å². The molecule has 0 saturated carbocycles. The monoisotopic (exact) mass is 311 g/mol. The Morgan fingerprint density at radius 3 is 2.76 bits per heavy atom. The molecule has 21 heavy (non-hydrogen) atoms. The number of aliphatic hydroxyl groups excluding tert-OH is 1. The van der Waals surface area contributed by atoms with Gasteiger partial charge in [0.1, 0.15) is 11.5 Å². The van der Waals surface area contributed by atoms with E-state index in [0.29, 0.717) is 12.1 Å². The number of aliphatic hydroxyl groups is 1. The number of rotatable bonds is 7. The summed E-state index contributed by atoms with van der Waals surface area (Å²) >= 11 is 0. The number of hydrogen-bond donors (Lipinski definition) is 2. The first-order valence-corrected chi connectivity index (χ1v) is 8.13. The highest BCUT2D eigenvalue weighted by Crippen LogP contribution is 2.09. The van der Waals surface area contributed by atoms with E-state index in [4.69, 9.17) is 5.11 Å². The largest absolute Gasteiger partial charge is 0.384 e. The quantitative estimate of drug-likeness (QED) is 0.549. The first-order valence-electron chi connectivity index (χ1n) is 6.65. The fraction of sp³-hybridized carbons (Fsp3) is 0.500. The van der Waals surface area contributed by atoms with Crippen LogP contribution in [0.1, 0.15) is 18.4 Å². The Labute approximate surface area is 126 Å². The van der Waals surface area contributed by atoms with Crippen molar-refractivity contribution in [3.05, 3.63) is 24.0 Å². The predicted octanol–water partition coefficient (Wildman–Crippen LogP) is 0.0455. The minimum absolute atomic E-state index is 0.0832. The molecular weight excluding hydrogens is 290 g/mol. The van der Waals surface area contributed by atoms with Crippen LogP contribution in [0.4, 0.5) is 0 Å². The van der Waals surface area contributed by atoms with Gasteiger partial charge in [-0.15, -0.1) is 0 Å². The molecule has 0 saturated heterocycles. The van der Waals surface area contributed by atoms with Gasteiger partial charge in [0.05, 0.1) is 0 Å². The number of sulfonamides is 1. The summed E-state index contributed by atoms with van der Waals surface area (Å²) in [4.78, 5) is 6.00. The first kappa shape index (κ1) is 17.6. The lowest BCUT2D eigenvalue weighted by atomic mass is 10.3. The van der Waals surface area contributed by atoms with Gasteiger partial charge in [-0.25, -0.2) is 13.1 Å². The van der Waals surface area contributed by atoms with E-state index in [2.05, 4.69) is 26.4 Å². The number of pyridine rings is 1. The zero-order valence-corrected chi connectivity index (χ0v) is 13.2. The molecule has 0 aliphatic carbocycles. The molecule has 0 spiro atoms. The fourth-order valence-corrected chi connectivity index (χ4v) is 2.68. The van der Waals surface area contributed by atoms with Crippen molar-refractivity contribution < 1.29 is 13.5 Å². The Morgan fingerprint density at radius 1 is 1.33 bits per heavy atom. The molecule has 116 valence electrons. The Kier molecular flexibility index (Phi) is 7.32. The van der Waals surface area contributed by atoms with Gasteiger partial charge >= 0.3 is 0 Å². The van der Waals surface area contributed by atoms with Crippen LogP contribution in [-0.2, 0) is 10.0 Å². The summed E-state index contributed by atoms with van der Waals surface area (Å²) in [6.07, 6.45) is 4.44. The van der Waals surface area contributed by atoms with Crippen molar-refractivity contribution in [1.82, 2.24) is 14.6 Å². The average Bonchev–Trinajstić information content (AvgIpc) is 2.44. The van der Waals surface area contributed by atoms with E-state index in [1.807, 2.05) is 14.1 Å². The van der Waals surface area contributed by atoms with Gasteiger partial charge < -0.3 is 10.0 Å². The SMILES string of the molecule is CN(C)CCCCNS(=O)(=O)c1cncc(C#CCO)c1. The number of nitrogens with one attached hydrogen (secondary N) is 1. The van der Waals surface area contributed by atoms with Gasteiger partial charge in [-0.2, -0.15) is 0 Å². The number of hydrogen-bond acceptors (Lipinski definition) is 5. The summed E-state index contributed by atoms with van der Waals surface area (Å²) in [5.74, 6) is 5.09. The molecular formula is C14H21N3O3S. The van der Waals surface area contributed by atoms with Gasteiger partial charge in [-0.3, -0.25) is 4.98 Å². The second-order valence-electron chi connectivity index (χ2n) is 4.78. The Morgan fingerprint density at radius 2 is 2.10 bits per heavy atom. The minimum atomic E-state index is -3.56. The third-order valence-electron chi connectivity index (χ3n) is 2.66. The molecule has 1 aromatic heterocycles. The summed E-state index contributed by atoms with van der Waals surface area (Å²) in [7, 11) is 0.397. The molecule has 2 N–H and O–H groups in total. The highest BCUT2D eigenvalue weighted by atomic mass is 32.2. The molecule has 0 amide bonds. The number of unbranched alkanes of at least 4 members (excludes halogenated alkanes) is 1. The van der Waals surface area contributed by atoms with Crippen LogP contribution in [0.25, 0.3) is 0 Å². The highest BCUT2D eigenvalue weighted by Gasteiger charge is 2.13. The van der Waals surface area contributed by atoms with Crippen molar-refractivity contribution in [1.29, 1.82) is 0 Å².